The Morgan fingerprint density at radius 3 is 2.55 bits per heavy atom. The van der Waals surface area contributed by atoms with Gasteiger partial charge >= 0.3 is 5.91 Å². The maximum atomic E-state index is 12.9. The number of nitrogens with zero attached hydrogens (tertiary/aromatic N) is 4. The number of thiazole rings is 1. The molecule has 0 radical (unpaired) electrons. The van der Waals surface area contributed by atoms with Crippen molar-refractivity contribution in [1.29, 1.82) is 0 Å². The monoisotopic (exact) mass is 405 g/mol. The minimum atomic E-state index is -0.321. The van der Waals surface area contributed by atoms with Gasteiger partial charge in [-0.3, -0.25) is 10.2 Å². The molecule has 1 N–H and O–H groups in total. The Labute approximate surface area is 172 Å². The number of hydrogen-bond acceptors (Lipinski definition) is 7. The van der Waals surface area contributed by atoms with Gasteiger partial charge in [0, 0.05) is 10.4 Å². The molecule has 0 unspecified atom stereocenters. The molecule has 0 saturated heterocycles. The first-order valence-corrected chi connectivity index (χ1v) is 9.79. The molecule has 29 heavy (non-hydrogen) atoms. The topological polar surface area (TPSA) is 79.2 Å². The van der Waals surface area contributed by atoms with Crippen molar-refractivity contribution in [2.24, 2.45) is 10.2 Å². The predicted molar refractivity (Wildman–Crippen MR) is 117 cm³/mol. The quantitative estimate of drug-likeness (QED) is 0.641. The summed E-state index contributed by atoms with van der Waals surface area (Å²) in [6.45, 7) is 3.73. The molecule has 0 saturated carbocycles. The van der Waals surface area contributed by atoms with Crippen LogP contribution in [-0.2, 0) is 4.79 Å². The average molecular weight is 405 g/mol. The Kier molecular flexibility index (Phi) is 5.09. The molecule has 2 heterocycles. The first-order chi connectivity index (χ1) is 14.1. The van der Waals surface area contributed by atoms with Crippen molar-refractivity contribution < 1.29 is 9.53 Å². The van der Waals surface area contributed by atoms with E-state index >= 15 is 0 Å². The van der Waals surface area contributed by atoms with E-state index in [0.29, 0.717) is 22.3 Å². The van der Waals surface area contributed by atoms with Gasteiger partial charge in [0.25, 0.3) is 0 Å². The zero-order chi connectivity index (χ0) is 20.4. The summed E-state index contributed by atoms with van der Waals surface area (Å²) in [6, 6.07) is 17.2. The molecule has 1 aromatic heterocycles. The number of para-hydroxylation sites is 2. The Bertz CT molecular complexity index is 1120. The minimum Gasteiger partial charge on any atom is -0.495 e. The lowest BCUT2D eigenvalue weighted by molar-refractivity contribution is -0.112. The number of methoxy groups -OCH3 is 1. The summed E-state index contributed by atoms with van der Waals surface area (Å²) < 4.78 is 5.30. The maximum Gasteiger partial charge on any atom is 0.303 e. The number of carbonyl (C=O) groups excluding carboxylic acids is 1. The van der Waals surface area contributed by atoms with Crippen molar-refractivity contribution in [3.8, 4) is 17.0 Å². The van der Waals surface area contributed by atoms with Crippen LogP contribution in [0.2, 0.25) is 0 Å². The summed E-state index contributed by atoms with van der Waals surface area (Å²) in [5.74, 6) is 0.315. The third-order valence-corrected chi connectivity index (χ3v) is 5.34. The molecule has 0 atom stereocenters. The van der Waals surface area contributed by atoms with Gasteiger partial charge in [0.1, 0.15) is 5.75 Å². The molecule has 8 heteroatoms. The number of anilines is 2. The first kappa shape index (κ1) is 18.8. The summed E-state index contributed by atoms with van der Waals surface area (Å²) in [6.07, 6.45) is 0. The van der Waals surface area contributed by atoms with E-state index in [0.717, 1.165) is 16.1 Å². The normalized spacial score (nSPS) is 15.0. The van der Waals surface area contributed by atoms with Gasteiger partial charge in [0.2, 0.25) is 5.13 Å². The number of rotatable bonds is 5. The summed E-state index contributed by atoms with van der Waals surface area (Å²) in [4.78, 5) is 18.6. The lowest BCUT2D eigenvalue weighted by Crippen LogP contribution is -2.27. The highest BCUT2D eigenvalue weighted by Gasteiger charge is 2.33. The summed E-state index contributed by atoms with van der Waals surface area (Å²) in [5, 5.41) is 10.5. The second kappa shape index (κ2) is 7.84. The van der Waals surface area contributed by atoms with Crippen LogP contribution in [0.4, 0.5) is 10.8 Å². The Morgan fingerprint density at radius 2 is 1.79 bits per heavy atom. The zero-order valence-corrected chi connectivity index (χ0v) is 17.0. The summed E-state index contributed by atoms with van der Waals surface area (Å²) in [5.41, 5.74) is 6.18. The van der Waals surface area contributed by atoms with Crippen molar-refractivity contribution in [2.45, 2.75) is 13.8 Å². The van der Waals surface area contributed by atoms with E-state index in [9.17, 15) is 4.79 Å². The van der Waals surface area contributed by atoms with Crippen LogP contribution in [0.3, 0.4) is 0 Å². The molecule has 2 aromatic carbocycles. The second-order valence-corrected chi connectivity index (χ2v) is 7.52. The van der Waals surface area contributed by atoms with E-state index in [1.54, 1.807) is 14.0 Å². The number of aromatic nitrogens is 1. The van der Waals surface area contributed by atoms with E-state index in [1.165, 1.54) is 16.3 Å². The number of ether oxygens (including phenoxy) is 1. The van der Waals surface area contributed by atoms with Crippen molar-refractivity contribution in [2.75, 3.05) is 17.5 Å². The van der Waals surface area contributed by atoms with Gasteiger partial charge in [-0.15, -0.1) is 0 Å². The molecule has 0 aliphatic carbocycles. The largest absolute Gasteiger partial charge is 0.495 e. The Balaban J connectivity index is 1.60. The number of carbonyl (C=O) groups is 1. The van der Waals surface area contributed by atoms with E-state index in [-0.39, 0.29) is 11.6 Å². The fourth-order valence-electron chi connectivity index (χ4n) is 2.95. The van der Waals surface area contributed by atoms with Crippen LogP contribution in [0.25, 0.3) is 11.3 Å². The third-order valence-electron chi connectivity index (χ3n) is 4.40. The van der Waals surface area contributed by atoms with Gasteiger partial charge in [-0.2, -0.15) is 15.2 Å². The van der Waals surface area contributed by atoms with Crippen molar-refractivity contribution in [3.05, 3.63) is 59.5 Å². The van der Waals surface area contributed by atoms with E-state index in [2.05, 4.69) is 20.6 Å². The number of hydrazone groups is 2. The highest BCUT2D eigenvalue weighted by Crippen LogP contribution is 2.33. The smallest absolute Gasteiger partial charge is 0.303 e. The SMILES string of the molecule is COc1ccccc1N/N=C1/C(=O)N(c2nc(-c3ccccc3)c(C)s2)N=C1C. The number of aryl methyl sites for hydroxylation is 1. The number of benzene rings is 2. The molecule has 146 valence electrons. The molecule has 1 aliphatic heterocycles. The zero-order valence-electron chi connectivity index (χ0n) is 16.2. The molecule has 0 spiro atoms. The Morgan fingerprint density at radius 1 is 1.07 bits per heavy atom. The van der Waals surface area contributed by atoms with Crippen molar-refractivity contribution >= 4 is 39.5 Å². The molecule has 3 aromatic rings. The van der Waals surface area contributed by atoms with E-state index in [4.69, 9.17) is 4.74 Å². The molecule has 0 fully saturated rings. The van der Waals surface area contributed by atoms with Crippen LogP contribution in [-0.4, -0.2) is 29.4 Å². The molecule has 7 nitrogen and oxygen atoms in total. The highest BCUT2D eigenvalue weighted by molar-refractivity contribution is 7.16. The number of nitrogens with one attached hydrogen (secondary N) is 1. The average Bonchev–Trinajstić information content (AvgIpc) is 3.26. The molecule has 1 amide bonds. The van der Waals surface area contributed by atoms with Crippen LogP contribution >= 0.6 is 11.3 Å². The first-order valence-electron chi connectivity index (χ1n) is 8.98. The molecular weight excluding hydrogens is 386 g/mol. The Hall–Kier alpha value is -3.52. The summed E-state index contributed by atoms with van der Waals surface area (Å²) >= 11 is 1.43. The van der Waals surface area contributed by atoms with Crippen LogP contribution in [0.15, 0.2) is 64.8 Å². The number of hydrogen-bond donors (Lipinski definition) is 1. The van der Waals surface area contributed by atoms with Crippen LogP contribution in [0.1, 0.15) is 11.8 Å². The van der Waals surface area contributed by atoms with Gasteiger partial charge in [-0.1, -0.05) is 53.8 Å². The fourth-order valence-corrected chi connectivity index (χ4v) is 3.83. The van der Waals surface area contributed by atoms with Crippen LogP contribution < -0.4 is 15.2 Å². The highest BCUT2D eigenvalue weighted by atomic mass is 32.1. The van der Waals surface area contributed by atoms with Gasteiger partial charge in [-0.05, 0) is 26.0 Å². The summed E-state index contributed by atoms with van der Waals surface area (Å²) in [7, 11) is 1.58. The van der Waals surface area contributed by atoms with Gasteiger partial charge in [0.05, 0.1) is 24.2 Å². The van der Waals surface area contributed by atoms with Crippen LogP contribution in [0.5, 0.6) is 5.75 Å². The van der Waals surface area contributed by atoms with E-state index in [1.807, 2.05) is 61.5 Å². The van der Waals surface area contributed by atoms with Gasteiger partial charge in [0.15, 0.2) is 5.71 Å². The maximum absolute atomic E-state index is 12.9. The molecule has 0 bridgehead atoms. The van der Waals surface area contributed by atoms with Crippen LogP contribution in [0, 0.1) is 6.92 Å². The van der Waals surface area contributed by atoms with Gasteiger partial charge < -0.3 is 4.74 Å². The number of amides is 1. The molecule has 4 rings (SSSR count). The van der Waals surface area contributed by atoms with Crippen molar-refractivity contribution in [3.63, 3.8) is 0 Å². The predicted octanol–water partition coefficient (Wildman–Crippen LogP) is 4.32. The fraction of sp³-hybridized carbons (Fsp3) is 0.143. The lowest BCUT2D eigenvalue weighted by Gasteiger charge is -2.08. The minimum absolute atomic E-state index is 0.241. The van der Waals surface area contributed by atoms with Gasteiger partial charge in [-0.25, -0.2) is 4.98 Å². The standard InChI is InChI=1S/C21H19N5O2S/c1-13-18(24-23-16-11-7-8-12-17(16)28-3)20(27)26(25-13)21-22-19(14(2)29-21)15-9-5-4-6-10-15/h4-12,23H,1-3H3/b24-18+. The molecular formula is C21H19N5O2S. The van der Waals surface area contributed by atoms with E-state index < -0.39 is 0 Å². The van der Waals surface area contributed by atoms with Crippen molar-refractivity contribution in [1.82, 2.24) is 4.98 Å². The second-order valence-electron chi connectivity index (χ2n) is 6.34. The lowest BCUT2D eigenvalue weighted by atomic mass is 10.1. The molecule has 1 aliphatic rings. The third kappa shape index (κ3) is 3.62.